The quantitative estimate of drug-likeness (QED) is 0.799. The van der Waals surface area contributed by atoms with E-state index in [4.69, 9.17) is 0 Å². The van der Waals surface area contributed by atoms with E-state index in [0.717, 1.165) is 17.3 Å². The van der Waals surface area contributed by atoms with Crippen LogP contribution in [0.15, 0.2) is 36.4 Å². The second-order valence-corrected chi connectivity index (χ2v) is 6.21. The molecule has 26 heavy (non-hydrogen) atoms. The lowest BCUT2D eigenvalue weighted by molar-refractivity contribution is -0.141. The van der Waals surface area contributed by atoms with Crippen LogP contribution in [0.1, 0.15) is 34.2 Å². The van der Waals surface area contributed by atoms with Crippen molar-refractivity contribution >= 4 is 11.6 Å². The van der Waals surface area contributed by atoms with Gasteiger partial charge in [-0.15, -0.1) is 0 Å². The predicted octanol–water partition coefficient (Wildman–Crippen LogP) is 4.14. The Morgan fingerprint density at radius 3 is 2.15 bits per heavy atom. The molecule has 0 spiro atoms. The molecule has 0 fully saturated rings. The van der Waals surface area contributed by atoms with Crippen molar-refractivity contribution in [3.8, 4) is 0 Å². The molecule has 0 saturated carbocycles. The fraction of sp³-hybridized carbons (Fsp3) is 0.368. The SMILES string of the molecule is CCN(Cc1ccc(N(C)C)cc1)C(=O)c1ccc(C(F)(F)F)nc1C. The summed E-state index contributed by atoms with van der Waals surface area (Å²) in [6.07, 6.45) is -4.52. The highest BCUT2D eigenvalue weighted by molar-refractivity contribution is 5.95. The summed E-state index contributed by atoms with van der Waals surface area (Å²) >= 11 is 0. The molecule has 140 valence electrons. The monoisotopic (exact) mass is 365 g/mol. The number of aryl methyl sites for hydroxylation is 1. The van der Waals surface area contributed by atoms with Gasteiger partial charge in [-0.3, -0.25) is 4.79 Å². The van der Waals surface area contributed by atoms with Crippen LogP contribution in [0, 0.1) is 6.92 Å². The van der Waals surface area contributed by atoms with E-state index in [0.29, 0.717) is 13.1 Å². The summed E-state index contributed by atoms with van der Waals surface area (Å²) in [6, 6.07) is 9.83. The number of carbonyl (C=O) groups excluding carboxylic acids is 1. The van der Waals surface area contributed by atoms with Crippen LogP contribution >= 0.6 is 0 Å². The molecule has 4 nitrogen and oxygen atoms in total. The number of hydrogen-bond donors (Lipinski definition) is 0. The van der Waals surface area contributed by atoms with E-state index in [1.54, 1.807) is 4.90 Å². The Kier molecular flexibility index (Phi) is 5.90. The Morgan fingerprint density at radius 2 is 1.69 bits per heavy atom. The standard InChI is InChI=1S/C19H22F3N3O/c1-5-25(12-14-6-8-15(9-7-14)24(3)4)18(26)16-10-11-17(19(20,21)22)23-13(16)2/h6-11H,5,12H2,1-4H3. The number of carbonyl (C=O) groups is 1. The number of amides is 1. The molecular formula is C19H22F3N3O. The molecule has 0 unspecified atom stereocenters. The zero-order valence-corrected chi connectivity index (χ0v) is 15.3. The van der Waals surface area contributed by atoms with E-state index >= 15 is 0 Å². The molecule has 7 heteroatoms. The molecule has 0 aliphatic rings. The Hall–Kier alpha value is -2.57. The number of alkyl halides is 3. The highest BCUT2D eigenvalue weighted by atomic mass is 19.4. The minimum absolute atomic E-state index is 0.0752. The van der Waals surface area contributed by atoms with E-state index in [1.165, 1.54) is 13.0 Å². The van der Waals surface area contributed by atoms with Crippen molar-refractivity contribution in [1.82, 2.24) is 9.88 Å². The van der Waals surface area contributed by atoms with Crippen molar-refractivity contribution in [3.05, 3.63) is 58.9 Å². The summed E-state index contributed by atoms with van der Waals surface area (Å²) in [7, 11) is 3.88. The van der Waals surface area contributed by atoms with E-state index < -0.39 is 11.9 Å². The Bertz CT molecular complexity index is 771. The first kappa shape index (κ1) is 19.8. The molecule has 2 rings (SSSR count). The number of halogens is 3. The Morgan fingerprint density at radius 1 is 1.08 bits per heavy atom. The molecule has 0 bridgehead atoms. The van der Waals surface area contributed by atoms with Crippen LogP contribution in [0.2, 0.25) is 0 Å². The first-order chi connectivity index (χ1) is 12.1. The maximum absolute atomic E-state index is 12.7. The maximum atomic E-state index is 12.7. The van der Waals surface area contributed by atoms with Gasteiger partial charge in [0, 0.05) is 32.9 Å². The number of anilines is 1. The first-order valence-corrected chi connectivity index (χ1v) is 8.24. The molecule has 0 aliphatic carbocycles. The molecule has 0 N–H and O–H groups in total. The van der Waals surface area contributed by atoms with Gasteiger partial charge in [-0.25, -0.2) is 4.98 Å². The summed E-state index contributed by atoms with van der Waals surface area (Å²) in [6.45, 7) is 4.07. The highest BCUT2D eigenvalue weighted by Gasteiger charge is 2.33. The third-order valence-electron chi connectivity index (χ3n) is 4.10. The molecule has 2 aromatic rings. The third-order valence-corrected chi connectivity index (χ3v) is 4.10. The van der Waals surface area contributed by atoms with Gasteiger partial charge in [0.2, 0.25) is 0 Å². The van der Waals surface area contributed by atoms with Crippen LogP contribution in [0.25, 0.3) is 0 Å². The van der Waals surface area contributed by atoms with Gasteiger partial charge < -0.3 is 9.80 Å². The highest BCUT2D eigenvalue weighted by Crippen LogP contribution is 2.28. The van der Waals surface area contributed by atoms with Gasteiger partial charge in [-0.1, -0.05) is 12.1 Å². The third kappa shape index (κ3) is 4.53. The van der Waals surface area contributed by atoms with Crippen LogP contribution in [0.4, 0.5) is 18.9 Å². The fourth-order valence-corrected chi connectivity index (χ4v) is 2.56. The van der Waals surface area contributed by atoms with Crippen molar-refractivity contribution in [2.24, 2.45) is 0 Å². The summed E-state index contributed by atoms with van der Waals surface area (Å²) in [5, 5.41) is 0. The van der Waals surface area contributed by atoms with Gasteiger partial charge in [0.1, 0.15) is 5.69 Å². The van der Waals surface area contributed by atoms with E-state index in [-0.39, 0.29) is 17.2 Å². The molecule has 1 aromatic carbocycles. The van der Waals surface area contributed by atoms with Crippen molar-refractivity contribution in [3.63, 3.8) is 0 Å². The van der Waals surface area contributed by atoms with Crippen LogP contribution in [0.5, 0.6) is 0 Å². The number of hydrogen-bond acceptors (Lipinski definition) is 3. The molecule has 0 atom stereocenters. The molecule has 1 heterocycles. The van der Waals surface area contributed by atoms with Crippen LogP contribution in [0.3, 0.4) is 0 Å². The van der Waals surface area contributed by atoms with Gasteiger partial charge in [0.25, 0.3) is 5.91 Å². The second-order valence-electron chi connectivity index (χ2n) is 6.21. The lowest BCUT2D eigenvalue weighted by atomic mass is 10.1. The van der Waals surface area contributed by atoms with Crippen LogP contribution in [-0.2, 0) is 12.7 Å². The normalized spacial score (nSPS) is 11.3. The average Bonchev–Trinajstić information content (AvgIpc) is 2.58. The van der Waals surface area contributed by atoms with E-state index in [1.807, 2.05) is 50.2 Å². The second kappa shape index (κ2) is 7.76. The number of aromatic nitrogens is 1. The summed E-state index contributed by atoms with van der Waals surface area (Å²) in [5.41, 5.74) is 1.26. The summed E-state index contributed by atoms with van der Waals surface area (Å²) < 4.78 is 38.2. The number of rotatable bonds is 5. The van der Waals surface area contributed by atoms with E-state index in [9.17, 15) is 18.0 Å². The summed E-state index contributed by atoms with van der Waals surface area (Å²) in [4.78, 5) is 19.8. The van der Waals surface area contributed by atoms with Gasteiger partial charge in [0.15, 0.2) is 0 Å². The molecule has 0 saturated heterocycles. The maximum Gasteiger partial charge on any atom is 0.433 e. The molecule has 1 aromatic heterocycles. The van der Waals surface area contributed by atoms with Crippen molar-refractivity contribution in [2.75, 3.05) is 25.5 Å². The molecule has 0 radical (unpaired) electrons. The predicted molar refractivity (Wildman–Crippen MR) is 95.2 cm³/mol. The minimum Gasteiger partial charge on any atom is -0.378 e. The zero-order valence-electron chi connectivity index (χ0n) is 15.3. The zero-order chi connectivity index (χ0) is 19.5. The summed E-state index contributed by atoms with van der Waals surface area (Å²) in [5.74, 6) is -0.331. The number of nitrogens with zero attached hydrogens (tertiary/aromatic N) is 3. The lowest BCUT2D eigenvalue weighted by Crippen LogP contribution is -2.31. The van der Waals surface area contributed by atoms with Crippen LogP contribution in [-0.4, -0.2) is 36.4 Å². The first-order valence-electron chi connectivity index (χ1n) is 8.24. The average molecular weight is 365 g/mol. The topological polar surface area (TPSA) is 36.4 Å². The van der Waals surface area contributed by atoms with Gasteiger partial charge >= 0.3 is 6.18 Å². The number of pyridine rings is 1. The van der Waals surface area contributed by atoms with E-state index in [2.05, 4.69) is 4.98 Å². The Labute approximate surface area is 151 Å². The van der Waals surface area contributed by atoms with Crippen molar-refractivity contribution < 1.29 is 18.0 Å². The van der Waals surface area contributed by atoms with Crippen LogP contribution < -0.4 is 4.90 Å². The van der Waals surface area contributed by atoms with Gasteiger partial charge in [-0.2, -0.15) is 13.2 Å². The van der Waals surface area contributed by atoms with Gasteiger partial charge in [-0.05, 0) is 43.7 Å². The lowest BCUT2D eigenvalue weighted by Gasteiger charge is -2.22. The van der Waals surface area contributed by atoms with Crippen molar-refractivity contribution in [1.29, 1.82) is 0 Å². The van der Waals surface area contributed by atoms with Crippen molar-refractivity contribution in [2.45, 2.75) is 26.6 Å². The largest absolute Gasteiger partial charge is 0.433 e. The molecule has 0 aliphatic heterocycles. The smallest absolute Gasteiger partial charge is 0.378 e. The molecule has 1 amide bonds. The molecular weight excluding hydrogens is 343 g/mol. The minimum atomic E-state index is -4.52. The van der Waals surface area contributed by atoms with Gasteiger partial charge in [0.05, 0.1) is 11.3 Å². The fourth-order valence-electron chi connectivity index (χ4n) is 2.56. The Balaban J connectivity index is 2.20. The number of benzene rings is 1.